The van der Waals surface area contributed by atoms with Crippen molar-refractivity contribution in [2.75, 3.05) is 62.2 Å². The molecule has 0 aliphatic carbocycles. The predicted octanol–water partition coefficient (Wildman–Crippen LogP) is 4.82. The van der Waals surface area contributed by atoms with Crippen LogP contribution in [0.3, 0.4) is 0 Å². The van der Waals surface area contributed by atoms with Crippen molar-refractivity contribution in [1.29, 1.82) is 0 Å². The number of rotatable bonds is 0. The van der Waals surface area contributed by atoms with Crippen LogP contribution in [0.4, 0.5) is 22.7 Å². The number of para-hydroxylation sites is 2. The zero-order valence-electron chi connectivity index (χ0n) is 23.5. The lowest BCUT2D eigenvalue weighted by Crippen LogP contribution is -2.38. The van der Waals surface area contributed by atoms with Crippen LogP contribution >= 0.6 is 0 Å². The zero-order valence-corrected chi connectivity index (χ0v) is 23.5. The highest BCUT2D eigenvalue weighted by atomic mass is 16.3. The summed E-state index contributed by atoms with van der Waals surface area (Å²) in [5.41, 5.74) is 6.54. The van der Waals surface area contributed by atoms with Gasteiger partial charge in [0.25, 0.3) is 0 Å². The van der Waals surface area contributed by atoms with E-state index in [9.17, 15) is 10.2 Å². The van der Waals surface area contributed by atoms with Crippen molar-refractivity contribution in [3.63, 3.8) is 0 Å². The highest BCUT2D eigenvalue weighted by molar-refractivity contribution is 5.92. The van der Waals surface area contributed by atoms with E-state index in [4.69, 9.17) is 9.98 Å². The summed E-state index contributed by atoms with van der Waals surface area (Å²) in [5.74, 6) is 0.485. The lowest BCUT2D eigenvalue weighted by atomic mass is 10.1. The topological polar surface area (TPSA) is 95.7 Å². The molecule has 3 aliphatic heterocycles. The van der Waals surface area contributed by atoms with Gasteiger partial charge < -0.3 is 30.6 Å². The molecule has 0 saturated carbocycles. The third-order valence-electron chi connectivity index (χ3n) is 7.46. The number of aryl methyl sites for hydroxylation is 2. The minimum absolute atomic E-state index is 0.242. The van der Waals surface area contributed by atoms with Crippen molar-refractivity contribution < 1.29 is 10.2 Å². The Morgan fingerprint density at radius 3 is 1.52 bits per heavy atom. The average molecular weight is 541 g/mol. The quantitative estimate of drug-likeness (QED) is 0.327. The molecule has 210 valence electrons. The number of aromatic hydroxyl groups is 2. The molecule has 8 heteroatoms. The molecule has 40 heavy (non-hydrogen) atoms. The second-order valence-corrected chi connectivity index (χ2v) is 10.6. The monoisotopic (exact) mass is 540 g/mol. The lowest BCUT2D eigenvalue weighted by Gasteiger charge is -2.29. The van der Waals surface area contributed by atoms with E-state index >= 15 is 0 Å². The number of hydrogen-bond acceptors (Lipinski definition) is 8. The van der Waals surface area contributed by atoms with Crippen molar-refractivity contribution >= 4 is 35.2 Å². The van der Waals surface area contributed by atoms with Gasteiger partial charge in [-0.3, -0.25) is 9.98 Å². The number of phenolic OH excluding ortho intramolecular Hbond substituents is 2. The van der Waals surface area contributed by atoms with Gasteiger partial charge in [0.2, 0.25) is 0 Å². The van der Waals surface area contributed by atoms with Crippen LogP contribution in [0, 0.1) is 13.8 Å². The molecule has 0 aromatic heterocycles. The zero-order chi connectivity index (χ0) is 27.9. The number of nitrogens with zero attached hydrogens (tertiary/aromatic N) is 4. The molecule has 8 nitrogen and oxygen atoms in total. The lowest BCUT2D eigenvalue weighted by molar-refractivity contribution is 0.469. The van der Waals surface area contributed by atoms with Gasteiger partial charge in [0, 0.05) is 62.8 Å². The van der Waals surface area contributed by atoms with Gasteiger partial charge >= 0.3 is 0 Å². The summed E-state index contributed by atoms with van der Waals surface area (Å²) in [7, 11) is 0. The van der Waals surface area contributed by atoms with E-state index in [1.165, 1.54) is 0 Å². The molecule has 0 spiro atoms. The first-order valence-electron chi connectivity index (χ1n) is 14.3. The molecule has 0 unspecified atom stereocenters. The van der Waals surface area contributed by atoms with Crippen molar-refractivity contribution in [2.45, 2.75) is 26.7 Å². The molecule has 0 amide bonds. The molecule has 0 atom stereocenters. The van der Waals surface area contributed by atoms with E-state index in [2.05, 4.69) is 46.4 Å². The van der Waals surface area contributed by atoms with Crippen LogP contribution in [0.25, 0.3) is 0 Å². The average Bonchev–Trinajstić information content (AvgIpc) is 2.94. The van der Waals surface area contributed by atoms with E-state index in [0.717, 1.165) is 87.7 Å². The molecule has 3 aliphatic rings. The van der Waals surface area contributed by atoms with Crippen molar-refractivity contribution in [1.82, 2.24) is 10.6 Å². The molecular formula is C32H40N6O2. The highest BCUT2D eigenvalue weighted by Crippen LogP contribution is 2.35. The Labute approximate surface area is 237 Å². The summed E-state index contributed by atoms with van der Waals surface area (Å²) >= 11 is 0. The van der Waals surface area contributed by atoms with Crippen LogP contribution in [-0.4, -0.2) is 75.0 Å². The summed E-state index contributed by atoms with van der Waals surface area (Å²) < 4.78 is 0. The molecule has 1 saturated heterocycles. The number of aliphatic imine (C=N–C) groups is 2. The molecule has 6 bridgehead atoms. The largest absolute Gasteiger partial charge is 0.505 e. The van der Waals surface area contributed by atoms with Crippen molar-refractivity contribution in [2.24, 2.45) is 9.98 Å². The summed E-state index contributed by atoms with van der Waals surface area (Å²) in [4.78, 5) is 14.0. The number of hydrogen-bond donors (Lipinski definition) is 4. The van der Waals surface area contributed by atoms with E-state index in [1.807, 2.05) is 36.4 Å². The van der Waals surface area contributed by atoms with Crippen LogP contribution in [0.1, 0.15) is 35.1 Å². The van der Waals surface area contributed by atoms with Gasteiger partial charge in [-0.2, -0.15) is 0 Å². The standard InChI is InChI=1S/C32H40N6O2/c1-23-17-25-21-35-27-7-3-4-8-28(27)36-22-26-18-24(2)20-30(32(26)40)38-14-6-10-33-11-15-37(29(19-23)31(25)39)13-5-9-34-12-16-38/h3-4,7-8,17-22,33-34,39-40H,5-6,9-16H2,1-2H3. The fourth-order valence-electron chi connectivity index (χ4n) is 5.39. The van der Waals surface area contributed by atoms with Gasteiger partial charge in [0.15, 0.2) is 0 Å². The van der Waals surface area contributed by atoms with E-state index < -0.39 is 0 Å². The Hall–Kier alpha value is -3.88. The van der Waals surface area contributed by atoms with Crippen molar-refractivity contribution in [3.8, 4) is 11.5 Å². The summed E-state index contributed by atoms with van der Waals surface area (Å²) in [6.45, 7) is 10.7. The molecule has 3 heterocycles. The second-order valence-electron chi connectivity index (χ2n) is 10.6. The highest BCUT2D eigenvalue weighted by Gasteiger charge is 2.17. The van der Waals surface area contributed by atoms with E-state index in [-0.39, 0.29) is 11.5 Å². The van der Waals surface area contributed by atoms with Gasteiger partial charge in [-0.25, -0.2) is 0 Å². The fraction of sp³-hybridized carbons (Fsp3) is 0.375. The van der Waals surface area contributed by atoms with Gasteiger partial charge in [0.1, 0.15) is 11.5 Å². The van der Waals surface area contributed by atoms with Crippen LogP contribution in [0.5, 0.6) is 11.5 Å². The summed E-state index contributed by atoms with van der Waals surface area (Å²) in [6, 6.07) is 15.7. The number of nitrogens with one attached hydrogen (secondary N) is 2. The van der Waals surface area contributed by atoms with Crippen LogP contribution in [0.15, 0.2) is 58.5 Å². The Bertz CT molecular complexity index is 1270. The minimum Gasteiger partial charge on any atom is -0.505 e. The maximum atomic E-state index is 11.4. The fourth-order valence-corrected chi connectivity index (χ4v) is 5.39. The third-order valence-corrected chi connectivity index (χ3v) is 7.46. The molecule has 6 rings (SSSR count). The number of benzene rings is 3. The number of fused-ring (bicyclic) bond motifs is 10. The third kappa shape index (κ3) is 6.63. The Kier molecular flexibility index (Phi) is 8.98. The molecule has 3 aromatic carbocycles. The first kappa shape index (κ1) is 27.7. The number of anilines is 2. The Balaban J connectivity index is 1.64. The van der Waals surface area contributed by atoms with Gasteiger partial charge in [-0.15, -0.1) is 0 Å². The maximum Gasteiger partial charge on any atom is 0.147 e. The maximum absolute atomic E-state index is 11.4. The molecular weight excluding hydrogens is 500 g/mol. The minimum atomic E-state index is 0.242. The molecule has 3 aromatic rings. The first-order valence-corrected chi connectivity index (χ1v) is 14.3. The first-order chi connectivity index (χ1) is 19.5. The summed E-state index contributed by atoms with van der Waals surface area (Å²) in [6.07, 6.45) is 5.32. The smallest absolute Gasteiger partial charge is 0.147 e. The summed E-state index contributed by atoms with van der Waals surface area (Å²) in [5, 5.41) is 29.9. The van der Waals surface area contributed by atoms with Gasteiger partial charge in [-0.1, -0.05) is 12.1 Å². The van der Waals surface area contributed by atoms with Gasteiger partial charge in [0.05, 0.1) is 22.7 Å². The Morgan fingerprint density at radius 1 is 0.625 bits per heavy atom. The number of phenols is 2. The van der Waals surface area contributed by atoms with E-state index in [1.54, 1.807) is 12.4 Å². The van der Waals surface area contributed by atoms with Crippen molar-refractivity contribution in [3.05, 3.63) is 70.8 Å². The van der Waals surface area contributed by atoms with E-state index in [0.29, 0.717) is 22.5 Å². The molecule has 1 fully saturated rings. The normalized spacial score (nSPS) is 16.9. The molecule has 0 radical (unpaired) electrons. The van der Waals surface area contributed by atoms with Crippen LogP contribution < -0.4 is 20.4 Å². The Morgan fingerprint density at radius 2 is 1.07 bits per heavy atom. The molecule has 4 N–H and O–H groups in total. The van der Waals surface area contributed by atoms with Crippen LogP contribution in [0.2, 0.25) is 0 Å². The van der Waals surface area contributed by atoms with Crippen LogP contribution in [-0.2, 0) is 0 Å². The van der Waals surface area contributed by atoms with Gasteiger partial charge in [-0.05, 0) is 87.3 Å². The predicted molar refractivity (Wildman–Crippen MR) is 166 cm³/mol. The SMILES string of the molecule is Cc1cc2c(O)c(c1)N1CCCNCCN(CCCNCC1)c1cc(C)cc(c1O)C=Nc1ccccc1N=C2. The second kappa shape index (κ2) is 13.0.